The molecule has 1 aliphatic rings. The number of thiocarbonyl (C=S) groups is 1. The molecule has 2 amide bonds. The van der Waals surface area contributed by atoms with Gasteiger partial charge in [0.1, 0.15) is 0 Å². The number of rotatable bonds is 6. The molecule has 0 aliphatic heterocycles. The van der Waals surface area contributed by atoms with Gasteiger partial charge in [0.05, 0.1) is 10.4 Å². The summed E-state index contributed by atoms with van der Waals surface area (Å²) in [6.07, 6.45) is 3.67. The number of carbonyl (C=O) groups is 2. The second kappa shape index (κ2) is 6.68. The van der Waals surface area contributed by atoms with E-state index in [-0.39, 0.29) is 23.2 Å². The zero-order valence-corrected chi connectivity index (χ0v) is 11.6. The molecular formula is C12H21N3O2S. The average molecular weight is 271 g/mol. The van der Waals surface area contributed by atoms with Crippen molar-refractivity contribution in [2.24, 2.45) is 11.1 Å². The minimum absolute atomic E-state index is 0.0615. The zero-order valence-electron chi connectivity index (χ0n) is 10.8. The molecule has 0 bridgehead atoms. The van der Waals surface area contributed by atoms with E-state index in [4.69, 9.17) is 18.0 Å². The summed E-state index contributed by atoms with van der Waals surface area (Å²) >= 11 is 5.02. The van der Waals surface area contributed by atoms with Crippen molar-refractivity contribution in [2.45, 2.75) is 39.0 Å². The Hall–Kier alpha value is -1.17. The molecule has 0 heterocycles. The van der Waals surface area contributed by atoms with Gasteiger partial charge in [-0.1, -0.05) is 25.1 Å². The van der Waals surface area contributed by atoms with Crippen LogP contribution in [0.2, 0.25) is 0 Å². The summed E-state index contributed by atoms with van der Waals surface area (Å²) in [5, 5.41) is 5.45. The monoisotopic (exact) mass is 271 g/mol. The molecule has 5 nitrogen and oxygen atoms in total. The predicted molar refractivity (Wildman–Crippen MR) is 74.0 cm³/mol. The number of amides is 2. The van der Waals surface area contributed by atoms with Gasteiger partial charge in [0.25, 0.3) is 0 Å². The first-order chi connectivity index (χ1) is 8.53. The van der Waals surface area contributed by atoms with E-state index in [9.17, 15) is 9.59 Å². The van der Waals surface area contributed by atoms with Crippen LogP contribution in [0, 0.1) is 5.41 Å². The van der Waals surface area contributed by atoms with Crippen LogP contribution in [0.1, 0.15) is 39.0 Å². The van der Waals surface area contributed by atoms with Gasteiger partial charge in [-0.15, -0.1) is 0 Å². The standard InChI is InChI=1S/C12H21N3O2S/c1-2-14-9(16)5-8-15-11(17)12(10(13)18)6-3-4-7-12/h2-8H2,1H3,(H2,13,18)(H,14,16)(H,15,17). The van der Waals surface area contributed by atoms with Crippen molar-refractivity contribution in [1.82, 2.24) is 10.6 Å². The first-order valence-corrected chi connectivity index (χ1v) is 6.78. The van der Waals surface area contributed by atoms with Gasteiger partial charge in [0.2, 0.25) is 11.8 Å². The molecule has 0 atom stereocenters. The smallest absolute Gasteiger partial charge is 0.233 e. The van der Waals surface area contributed by atoms with Crippen LogP contribution in [-0.4, -0.2) is 29.9 Å². The summed E-state index contributed by atoms with van der Waals surface area (Å²) in [5.41, 5.74) is 5.02. The maximum atomic E-state index is 12.1. The van der Waals surface area contributed by atoms with E-state index in [1.54, 1.807) is 0 Å². The van der Waals surface area contributed by atoms with Gasteiger partial charge in [-0.05, 0) is 19.8 Å². The molecule has 0 radical (unpaired) electrons. The molecule has 0 spiro atoms. The van der Waals surface area contributed by atoms with Crippen LogP contribution in [-0.2, 0) is 9.59 Å². The van der Waals surface area contributed by atoms with E-state index >= 15 is 0 Å². The van der Waals surface area contributed by atoms with Crippen molar-refractivity contribution in [2.75, 3.05) is 13.1 Å². The summed E-state index contributed by atoms with van der Waals surface area (Å²) in [6, 6.07) is 0. The van der Waals surface area contributed by atoms with Gasteiger partial charge in [-0.2, -0.15) is 0 Å². The summed E-state index contributed by atoms with van der Waals surface area (Å²) in [6.45, 7) is 2.79. The minimum Gasteiger partial charge on any atom is -0.392 e. The second-order valence-electron chi connectivity index (χ2n) is 4.61. The first kappa shape index (κ1) is 14.9. The van der Waals surface area contributed by atoms with E-state index in [0.717, 1.165) is 25.7 Å². The first-order valence-electron chi connectivity index (χ1n) is 6.38. The van der Waals surface area contributed by atoms with E-state index < -0.39 is 5.41 Å². The number of hydrogen-bond donors (Lipinski definition) is 3. The minimum atomic E-state index is -0.684. The van der Waals surface area contributed by atoms with Crippen molar-refractivity contribution >= 4 is 29.0 Å². The van der Waals surface area contributed by atoms with Crippen LogP contribution >= 0.6 is 12.2 Å². The zero-order chi connectivity index (χ0) is 13.6. The second-order valence-corrected chi connectivity index (χ2v) is 5.05. The topological polar surface area (TPSA) is 84.2 Å². The predicted octanol–water partition coefficient (Wildman–Crippen LogP) is 0.475. The summed E-state index contributed by atoms with van der Waals surface area (Å²) in [5.74, 6) is -0.189. The van der Waals surface area contributed by atoms with Gasteiger partial charge in [0.15, 0.2) is 0 Å². The number of carbonyl (C=O) groups excluding carboxylic acids is 2. The molecule has 0 aromatic heterocycles. The fourth-order valence-electron chi connectivity index (χ4n) is 2.31. The third-order valence-corrected chi connectivity index (χ3v) is 3.77. The molecule has 1 rings (SSSR count). The van der Waals surface area contributed by atoms with Gasteiger partial charge >= 0.3 is 0 Å². The maximum absolute atomic E-state index is 12.1. The lowest BCUT2D eigenvalue weighted by molar-refractivity contribution is -0.127. The number of hydrogen-bond acceptors (Lipinski definition) is 3. The number of nitrogens with two attached hydrogens (primary N) is 1. The largest absolute Gasteiger partial charge is 0.392 e. The van der Waals surface area contributed by atoms with E-state index in [1.807, 2.05) is 6.92 Å². The number of nitrogens with one attached hydrogen (secondary N) is 2. The SMILES string of the molecule is CCNC(=O)CCNC(=O)C1(C(N)=S)CCCC1. The fraction of sp³-hybridized carbons (Fsp3) is 0.750. The molecule has 6 heteroatoms. The third kappa shape index (κ3) is 3.41. The van der Waals surface area contributed by atoms with Crippen LogP contribution < -0.4 is 16.4 Å². The summed E-state index contributed by atoms with van der Waals surface area (Å²) in [4.78, 5) is 23.7. The molecule has 18 heavy (non-hydrogen) atoms. The quantitative estimate of drug-likeness (QED) is 0.613. The lowest BCUT2D eigenvalue weighted by atomic mass is 9.85. The molecule has 1 aliphatic carbocycles. The summed E-state index contributed by atoms with van der Waals surface area (Å²) < 4.78 is 0. The Balaban J connectivity index is 2.44. The highest BCUT2D eigenvalue weighted by molar-refractivity contribution is 7.80. The Morgan fingerprint density at radius 3 is 2.39 bits per heavy atom. The molecule has 1 saturated carbocycles. The van der Waals surface area contributed by atoms with E-state index in [1.165, 1.54) is 0 Å². The molecule has 4 N–H and O–H groups in total. The van der Waals surface area contributed by atoms with E-state index in [2.05, 4.69) is 10.6 Å². The van der Waals surface area contributed by atoms with Crippen LogP contribution in [0.25, 0.3) is 0 Å². The van der Waals surface area contributed by atoms with Gasteiger partial charge < -0.3 is 16.4 Å². The highest BCUT2D eigenvalue weighted by Crippen LogP contribution is 2.38. The van der Waals surface area contributed by atoms with Crippen LogP contribution in [0.4, 0.5) is 0 Å². The van der Waals surface area contributed by atoms with Crippen molar-refractivity contribution in [3.63, 3.8) is 0 Å². The van der Waals surface area contributed by atoms with Gasteiger partial charge in [-0.25, -0.2) is 0 Å². The highest BCUT2D eigenvalue weighted by atomic mass is 32.1. The van der Waals surface area contributed by atoms with Gasteiger partial charge in [0, 0.05) is 19.5 Å². The third-order valence-electron chi connectivity index (χ3n) is 3.37. The van der Waals surface area contributed by atoms with Crippen LogP contribution in [0.3, 0.4) is 0 Å². The normalized spacial score (nSPS) is 17.2. The van der Waals surface area contributed by atoms with Crippen molar-refractivity contribution < 1.29 is 9.59 Å². The highest BCUT2D eigenvalue weighted by Gasteiger charge is 2.43. The van der Waals surface area contributed by atoms with Crippen LogP contribution in [0.15, 0.2) is 0 Å². The lowest BCUT2D eigenvalue weighted by Crippen LogP contribution is -2.47. The fourth-order valence-corrected chi connectivity index (χ4v) is 2.61. The maximum Gasteiger partial charge on any atom is 0.233 e. The van der Waals surface area contributed by atoms with Crippen molar-refractivity contribution in [1.29, 1.82) is 0 Å². The molecule has 0 aromatic carbocycles. The van der Waals surface area contributed by atoms with Crippen molar-refractivity contribution in [3.05, 3.63) is 0 Å². The Labute approximate surface area is 113 Å². The Morgan fingerprint density at radius 1 is 1.28 bits per heavy atom. The molecule has 102 valence electrons. The molecule has 0 saturated heterocycles. The van der Waals surface area contributed by atoms with Crippen LogP contribution in [0.5, 0.6) is 0 Å². The average Bonchev–Trinajstić information content (AvgIpc) is 2.79. The van der Waals surface area contributed by atoms with Crippen molar-refractivity contribution in [3.8, 4) is 0 Å². The molecular weight excluding hydrogens is 250 g/mol. The van der Waals surface area contributed by atoms with E-state index in [0.29, 0.717) is 13.1 Å². The Bertz CT molecular complexity index is 338. The molecule has 0 aromatic rings. The Morgan fingerprint density at radius 2 is 1.89 bits per heavy atom. The summed E-state index contributed by atoms with van der Waals surface area (Å²) in [7, 11) is 0. The Kier molecular flexibility index (Phi) is 5.53. The lowest BCUT2D eigenvalue weighted by Gasteiger charge is -2.26. The molecule has 1 fully saturated rings. The molecule has 0 unspecified atom stereocenters. The van der Waals surface area contributed by atoms with Gasteiger partial charge in [-0.3, -0.25) is 9.59 Å².